The van der Waals surface area contributed by atoms with E-state index in [1.807, 2.05) is 30.3 Å². The first-order valence-corrected chi connectivity index (χ1v) is 9.06. The van der Waals surface area contributed by atoms with Crippen LogP contribution in [-0.4, -0.2) is 44.7 Å². The summed E-state index contributed by atoms with van der Waals surface area (Å²) in [6.45, 7) is 0.429. The highest BCUT2D eigenvalue weighted by atomic mass is 35.5. The molecule has 0 aliphatic carbocycles. The van der Waals surface area contributed by atoms with E-state index in [0.717, 1.165) is 9.87 Å². The molecular weight excluding hydrogens is 348 g/mol. The average Bonchev–Trinajstić information content (AvgIpc) is 2.55. The molecule has 0 radical (unpaired) electrons. The Hall–Kier alpha value is -1.89. The van der Waals surface area contributed by atoms with Gasteiger partial charge in [0.1, 0.15) is 4.90 Å². The fourth-order valence-corrected chi connectivity index (χ4v) is 3.57. The third-order valence-corrected chi connectivity index (χ3v) is 5.84. The first-order valence-electron chi connectivity index (χ1n) is 7.25. The SMILES string of the molecule is CN(Cc1ccccc1)C(=O)c1ccc(Cl)c(S(=O)(=O)N(C)C)c1. The number of sulfonamides is 1. The van der Waals surface area contributed by atoms with Gasteiger partial charge in [-0.05, 0) is 23.8 Å². The van der Waals surface area contributed by atoms with E-state index < -0.39 is 10.0 Å². The van der Waals surface area contributed by atoms with Crippen molar-refractivity contribution in [2.45, 2.75) is 11.4 Å². The molecule has 1 amide bonds. The fraction of sp³-hybridized carbons (Fsp3) is 0.235. The van der Waals surface area contributed by atoms with Crippen molar-refractivity contribution in [2.75, 3.05) is 21.1 Å². The molecule has 0 aliphatic rings. The van der Waals surface area contributed by atoms with Gasteiger partial charge < -0.3 is 4.90 Å². The number of halogens is 1. The Morgan fingerprint density at radius 1 is 1.04 bits per heavy atom. The third kappa shape index (κ3) is 3.95. The van der Waals surface area contributed by atoms with Gasteiger partial charge in [0.2, 0.25) is 10.0 Å². The van der Waals surface area contributed by atoms with Gasteiger partial charge in [0.25, 0.3) is 5.91 Å². The van der Waals surface area contributed by atoms with Gasteiger partial charge in [-0.2, -0.15) is 0 Å². The van der Waals surface area contributed by atoms with Gasteiger partial charge in [0.05, 0.1) is 5.02 Å². The Morgan fingerprint density at radius 3 is 2.25 bits per heavy atom. The van der Waals surface area contributed by atoms with Crippen molar-refractivity contribution < 1.29 is 13.2 Å². The average molecular weight is 367 g/mol. The Bertz CT molecular complexity index is 836. The molecule has 0 saturated heterocycles. The summed E-state index contributed by atoms with van der Waals surface area (Å²) in [6, 6.07) is 13.8. The molecule has 0 aliphatic heterocycles. The number of carbonyl (C=O) groups excluding carboxylic acids is 1. The molecule has 0 atom stereocenters. The van der Waals surface area contributed by atoms with Gasteiger partial charge in [-0.15, -0.1) is 0 Å². The lowest BCUT2D eigenvalue weighted by atomic mass is 10.1. The molecule has 0 heterocycles. The van der Waals surface area contributed by atoms with E-state index in [0.29, 0.717) is 6.54 Å². The van der Waals surface area contributed by atoms with Gasteiger partial charge in [-0.3, -0.25) is 4.79 Å². The molecule has 0 saturated carbocycles. The zero-order valence-electron chi connectivity index (χ0n) is 13.7. The van der Waals surface area contributed by atoms with Crippen LogP contribution in [-0.2, 0) is 16.6 Å². The number of rotatable bonds is 5. The highest BCUT2D eigenvalue weighted by Gasteiger charge is 2.23. The van der Waals surface area contributed by atoms with E-state index in [9.17, 15) is 13.2 Å². The second kappa shape index (κ2) is 7.34. The van der Waals surface area contributed by atoms with Gasteiger partial charge in [-0.25, -0.2) is 12.7 Å². The summed E-state index contributed by atoms with van der Waals surface area (Å²) in [5, 5.41) is 0.0889. The zero-order chi connectivity index (χ0) is 17.9. The molecule has 2 aromatic carbocycles. The van der Waals surface area contributed by atoms with Crippen molar-refractivity contribution in [3.8, 4) is 0 Å². The maximum absolute atomic E-state index is 12.6. The summed E-state index contributed by atoms with van der Waals surface area (Å²) in [5.74, 6) is -0.272. The molecule has 7 heteroatoms. The fourth-order valence-electron chi connectivity index (χ4n) is 2.18. The van der Waals surface area contributed by atoms with Crippen LogP contribution in [0.1, 0.15) is 15.9 Å². The summed E-state index contributed by atoms with van der Waals surface area (Å²) < 4.78 is 25.7. The lowest BCUT2D eigenvalue weighted by Gasteiger charge is -2.19. The van der Waals surface area contributed by atoms with Crippen LogP contribution in [0, 0.1) is 0 Å². The molecule has 0 fully saturated rings. The van der Waals surface area contributed by atoms with E-state index in [2.05, 4.69) is 0 Å². The Balaban J connectivity index is 2.30. The largest absolute Gasteiger partial charge is 0.337 e. The molecule has 0 N–H and O–H groups in total. The minimum absolute atomic E-state index is 0.0758. The van der Waals surface area contributed by atoms with Crippen LogP contribution >= 0.6 is 11.6 Å². The number of carbonyl (C=O) groups is 1. The van der Waals surface area contributed by atoms with Gasteiger partial charge in [0, 0.05) is 33.3 Å². The Labute approximate surface area is 147 Å². The number of hydrogen-bond donors (Lipinski definition) is 0. The highest BCUT2D eigenvalue weighted by molar-refractivity contribution is 7.89. The van der Waals surface area contributed by atoms with E-state index in [-0.39, 0.29) is 21.4 Å². The molecule has 2 rings (SSSR count). The van der Waals surface area contributed by atoms with Crippen LogP contribution in [0.2, 0.25) is 5.02 Å². The number of amides is 1. The first-order chi connectivity index (χ1) is 11.2. The summed E-state index contributed by atoms with van der Waals surface area (Å²) in [4.78, 5) is 14.0. The highest BCUT2D eigenvalue weighted by Crippen LogP contribution is 2.25. The van der Waals surface area contributed by atoms with E-state index >= 15 is 0 Å². The Morgan fingerprint density at radius 2 is 1.67 bits per heavy atom. The topological polar surface area (TPSA) is 57.7 Å². The predicted octanol–water partition coefficient (Wildman–Crippen LogP) is 2.86. The maximum Gasteiger partial charge on any atom is 0.253 e. The lowest BCUT2D eigenvalue weighted by molar-refractivity contribution is 0.0785. The van der Waals surface area contributed by atoms with Crippen LogP contribution in [0.15, 0.2) is 53.4 Å². The molecule has 128 valence electrons. The van der Waals surface area contributed by atoms with Gasteiger partial charge >= 0.3 is 0 Å². The number of hydrogen-bond acceptors (Lipinski definition) is 3. The van der Waals surface area contributed by atoms with Crippen molar-refractivity contribution in [1.29, 1.82) is 0 Å². The van der Waals surface area contributed by atoms with Crippen molar-refractivity contribution in [1.82, 2.24) is 9.21 Å². The lowest BCUT2D eigenvalue weighted by Crippen LogP contribution is -2.27. The molecule has 0 spiro atoms. The smallest absolute Gasteiger partial charge is 0.253 e. The van der Waals surface area contributed by atoms with Crippen molar-refractivity contribution in [2.24, 2.45) is 0 Å². The van der Waals surface area contributed by atoms with Crippen LogP contribution in [0.4, 0.5) is 0 Å². The quantitative estimate of drug-likeness (QED) is 0.817. The van der Waals surface area contributed by atoms with Crippen LogP contribution in [0.25, 0.3) is 0 Å². The maximum atomic E-state index is 12.6. The summed E-state index contributed by atoms with van der Waals surface area (Å²) in [5.41, 5.74) is 1.27. The zero-order valence-corrected chi connectivity index (χ0v) is 15.3. The molecular formula is C17H19ClN2O3S. The summed E-state index contributed by atoms with van der Waals surface area (Å²) in [6.07, 6.45) is 0. The molecule has 0 aromatic heterocycles. The Kier molecular flexibility index (Phi) is 5.64. The number of nitrogens with zero attached hydrogens (tertiary/aromatic N) is 2. The molecule has 2 aromatic rings. The minimum atomic E-state index is -3.72. The van der Waals surface area contributed by atoms with E-state index in [1.54, 1.807) is 7.05 Å². The van der Waals surface area contributed by atoms with Crippen molar-refractivity contribution in [3.05, 3.63) is 64.7 Å². The first kappa shape index (κ1) is 18.4. The summed E-state index contributed by atoms with van der Waals surface area (Å²) >= 11 is 6.01. The van der Waals surface area contributed by atoms with Crippen LogP contribution < -0.4 is 0 Å². The second-order valence-corrected chi connectivity index (χ2v) is 8.11. The second-order valence-electron chi connectivity index (χ2n) is 5.58. The van der Waals surface area contributed by atoms with Crippen molar-refractivity contribution >= 4 is 27.5 Å². The third-order valence-electron chi connectivity index (χ3n) is 3.55. The number of benzene rings is 2. The van der Waals surface area contributed by atoms with Gasteiger partial charge in [-0.1, -0.05) is 41.9 Å². The van der Waals surface area contributed by atoms with Gasteiger partial charge in [0.15, 0.2) is 0 Å². The summed E-state index contributed by atoms with van der Waals surface area (Å²) in [7, 11) is 0.790. The molecule has 0 bridgehead atoms. The normalized spacial score (nSPS) is 11.5. The minimum Gasteiger partial charge on any atom is -0.337 e. The van der Waals surface area contributed by atoms with E-state index in [1.165, 1.54) is 37.2 Å². The monoisotopic (exact) mass is 366 g/mol. The molecule has 24 heavy (non-hydrogen) atoms. The molecule has 5 nitrogen and oxygen atoms in total. The standard InChI is InChI=1S/C17H19ClN2O3S/c1-19(2)24(22,23)16-11-14(9-10-15(16)18)17(21)20(3)12-13-7-5-4-6-8-13/h4-11H,12H2,1-3H3. The van der Waals surface area contributed by atoms with Crippen LogP contribution in [0.5, 0.6) is 0 Å². The predicted molar refractivity (Wildman–Crippen MR) is 94.6 cm³/mol. The molecule has 0 unspecified atom stereocenters. The van der Waals surface area contributed by atoms with Crippen LogP contribution in [0.3, 0.4) is 0 Å². The van der Waals surface area contributed by atoms with Crippen molar-refractivity contribution in [3.63, 3.8) is 0 Å². The van der Waals surface area contributed by atoms with E-state index in [4.69, 9.17) is 11.6 Å².